The van der Waals surface area contributed by atoms with Crippen molar-refractivity contribution in [2.75, 3.05) is 11.9 Å². The number of halogens is 3. The maximum Gasteiger partial charge on any atom is 0.573 e. The summed E-state index contributed by atoms with van der Waals surface area (Å²) in [6.45, 7) is 2.81. The van der Waals surface area contributed by atoms with Gasteiger partial charge >= 0.3 is 6.36 Å². The van der Waals surface area contributed by atoms with Crippen molar-refractivity contribution in [3.63, 3.8) is 0 Å². The molecule has 5 rings (SSSR count). The van der Waals surface area contributed by atoms with Gasteiger partial charge in [0.05, 0.1) is 17.1 Å². The molecule has 2 aromatic carbocycles. The number of aryl methyl sites for hydroxylation is 3. The Hall–Kier alpha value is -3.92. The molecule has 10 heteroatoms. The number of anilines is 1. The Morgan fingerprint density at radius 1 is 0.973 bits per heavy atom. The third kappa shape index (κ3) is 6.08. The van der Waals surface area contributed by atoms with Crippen LogP contribution in [0.5, 0.6) is 5.75 Å². The van der Waals surface area contributed by atoms with Gasteiger partial charge in [-0.3, -0.25) is 4.68 Å². The maximum absolute atomic E-state index is 12.4. The molecule has 3 aromatic heterocycles. The Labute approximate surface area is 215 Å². The quantitative estimate of drug-likeness (QED) is 0.222. The van der Waals surface area contributed by atoms with Crippen LogP contribution >= 0.6 is 11.3 Å². The third-order valence-electron chi connectivity index (χ3n) is 5.79. The standard InChI is InChI=1S/C27H24F3N5OS/c1-17-14-23-25(33-24(34-26(23)37-17)21-15-32-35(2)16-21)31-13-3-4-18-5-7-19(8-6-18)20-9-11-22(12-10-20)36-27(28,29)30/h5-12,14-16H,3-4,13H2,1-2H3,(H,31,33,34). The highest BCUT2D eigenvalue weighted by atomic mass is 32.1. The van der Waals surface area contributed by atoms with E-state index in [-0.39, 0.29) is 5.75 Å². The van der Waals surface area contributed by atoms with Gasteiger partial charge in [-0.15, -0.1) is 24.5 Å². The zero-order valence-corrected chi connectivity index (χ0v) is 21.0. The van der Waals surface area contributed by atoms with Crippen LogP contribution in [0.2, 0.25) is 0 Å². The first-order valence-electron chi connectivity index (χ1n) is 11.7. The van der Waals surface area contributed by atoms with E-state index >= 15 is 0 Å². The zero-order chi connectivity index (χ0) is 26.0. The molecular formula is C27H24F3N5OS. The Kier molecular flexibility index (Phi) is 6.84. The van der Waals surface area contributed by atoms with E-state index in [4.69, 9.17) is 9.97 Å². The van der Waals surface area contributed by atoms with E-state index in [1.807, 2.05) is 37.5 Å². The molecule has 0 bridgehead atoms. The maximum atomic E-state index is 12.4. The highest BCUT2D eigenvalue weighted by Gasteiger charge is 2.30. The van der Waals surface area contributed by atoms with E-state index < -0.39 is 6.36 Å². The number of hydrogen-bond acceptors (Lipinski definition) is 6. The number of ether oxygens (including phenoxy) is 1. The number of hydrogen-bond donors (Lipinski definition) is 1. The molecule has 0 aliphatic heterocycles. The molecule has 0 spiro atoms. The van der Waals surface area contributed by atoms with E-state index in [1.165, 1.54) is 22.6 Å². The smallest absolute Gasteiger partial charge is 0.406 e. The predicted octanol–water partition coefficient (Wildman–Crippen LogP) is 7.01. The van der Waals surface area contributed by atoms with Gasteiger partial charge in [0, 0.05) is 24.7 Å². The van der Waals surface area contributed by atoms with Gasteiger partial charge in [-0.05, 0) is 54.7 Å². The predicted molar refractivity (Wildman–Crippen MR) is 140 cm³/mol. The van der Waals surface area contributed by atoms with Crippen LogP contribution in [-0.4, -0.2) is 32.7 Å². The van der Waals surface area contributed by atoms with E-state index in [1.54, 1.807) is 34.3 Å². The summed E-state index contributed by atoms with van der Waals surface area (Å²) in [7, 11) is 1.87. The topological polar surface area (TPSA) is 64.9 Å². The highest BCUT2D eigenvalue weighted by molar-refractivity contribution is 7.18. The molecular weight excluding hydrogens is 499 g/mol. The largest absolute Gasteiger partial charge is 0.573 e. The van der Waals surface area contributed by atoms with Gasteiger partial charge in [0.25, 0.3) is 0 Å². The molecule has 0 radical (unpaired) electrons. The van der Waals surface area contributed by atoms with Crippen molar-refractivity contribution in [2.45, 2.75) is 26.1 Å². The van der Waals surface area contributed by atoms with Crippen LogP contribution in [0.15, 0.2) is 67.0 Å². The van der Waals surface area contributed by atoms with E-state index in [0.29, 0.717) is 5.82 Å². The van der Waals surface area contributed by atoms with Crippen molar-refractivity contribution >= 4 is 27.4 Å². The minimum Gasteiger partial charge on any atom is -0.406 e. The zero-order valence-electron chi connectivity index (χ0n) is 20.2. The third-order valence-corrected chi connectivity index (χ3v) is 6.73. The first kappa shape index (κ1) is 24.8. The van der Waals surface area contributed by atoms with Crippen molar-refractivity contribution in [1.29, 1.82) is 0 Å². The lowest BCUT2D eigenvalue weighted by molar-refractivity contribution is -0.274. The number of nitrogens with one attached hydrogen (secondary N) is 1. The van der Waals surface area contributed by atoms with Crippen LogP contribution in [0.1, 0.15) is 16.9 Å². The first-order chi connectivity index (χ1) is 17.7. The van der Waals surface area contributed by atoms with Crippen molar-refractivity contribution in [1.82, 2.24) is 19.7 Å². The summed E-state index contributed by atoms with van der Waals surface area (Å²) in [5, 5.41) is 8.73. The fourth-order valence-corrected chi connectivity index (χ4v) is 4.93. The number of fused-ring (bicyclic) bond motifs is 1. The molecule has 0 atom stereocenters. The SMILES string of the molecule is Cc1cc2c(NCCCc3ccc(-c4ccc(OC(F)(F)F)cc4)cc3)nc(-c3cnn(C)c3)nc2s1. The summed E-state index contributed by atoms with van der Waals surface area (Å²) in [4.78, 5) is 11.6. The van der Waals surface area contributed by atoms with Gasteiger partial charge in [0.15, 0.2) is 5.82 Å². The molecule has 0 aliphatic rings. The fraction of sp³-hybridized carbons (Fsp3) is 0.222. The summed E-state index contributed by atoms with van der Waals surface area (Å²) in [5.74, 6) is 1.24. The molecule has 0 saturated heterocycles. The summed E-state index contributed by atoms with van der Waals surface area (Å²) >= 11 is 1.65. The fourth-order valence-electron chi connectivity index (χ4n) is 4.05. The number of benzene rings is 2. The second kappa shape index (κ2) is 10.2. The van der Waals surface area contributed by atoms with Crippen LogP contribution < -0.4 is 10.1 Å². The molecule has 0 saturated carbocycles. The van der Waals surface area contributed by atoms with Crippen molar-refractivity contribution in [3.05, 3.63) is 77.4 Å². The molecule has 0 fully saturated rings. The number of nitrogens with zero attached hydrogens (tertiary/aromatic N) is 4. The van der Waals surface area contributed by atoms with E-state index in [2.05, 4.69) is 28.1 Å². The van der Waals surface area contributed by atoms with Crippen LogP contribution in [0.3, 0.4) is 0 Å². The molecule has 37 heavy (non-hydrogen) atoms. The number of aromatic nitrogens is 4. The van der Waals surface area contributed by atoms with Crippen LogP contribution in [0.25, 0.3) is 32.7 Å². The van der Waals surface area contributed by atoms with Crippen molar-refractivity contribution in [2.24, 2.45) is 7.05 Å². The molecule has 190 valence electrons. The summed E-state index contributed by atoms with van der Waals surface area (Å²) in [5.41, 5.74) is 3.81. The van der Waals surface area contributed by atoms with Gasteiger partial charge in [-0.2, -0.15) is 5.10 Å². The van der Waals surface area contributed by atoms with Gasteiger partial charge < -0.3 is 10.1 Å². The number of alkyl halides is 3. The summed E-state index contributed by atoms with van der Waals surface area (Å²) in [6.07, 6.45) is 0.749. The summed E-state index contributed by atoms with van der Waals surface area (Å²) < 4.78 is 42.7. The lowest BCUT2D eigenvalue weighted by Crippen LogP contribution is -2.16. The monoisotopic (exact) mass is 523 g/mol. The van der Waals surface area contributed by atoms with Crippen LogP contribution in [0, 0.1) is 6.92 Å². The number of thiophene rings is 1. The van der Waals surface area contributed by atoms with Gasteiger partial charge in [0.1, 0.15) is 16.4 Å². The molecule has 0 aliphatic carbocycles. The highest BCUT2D eigenvalue weighted by Crippen LogP contribution is 2.31. The van der Waals surface area contributed by atoms with Crippen LogP contribution in [0.4, 0.5) is 19.0 Å². The first-order valence-corrected chi connectivity index (χ1v) is 12.5. The average Bonchev–Trinajstić information content (AvgIpc) is 3.46. The Balaban J connectivity index is 1.20. The Morgan fingerprint density at radius 3 is 2.32 bits per heavy atom. The van der Waals surface area contributed by atoms with Crippen molar-refractivity contribution < 1.29 is 17.9 Å². The second-order valence-electron chi connectivity index (χ2n) is 8.67. The molecule has 1 N–H and O–H groups in total. The Bertz CT molecular complexity index is 1510. The minimum atomic E-state index is -4.69. The molecule has 0 amide bonds. The second-order valence-corrected chi connectivity index (χ2v) is 9.91. The average molecular weight is 524 g/mol. The van der Waals surface area contributed by atoms with Gasteiger partial charge in [-0.1, -0.05) is 36.4 Å². The summed E-state index contributed by atoms with van der Waals surface area (Å²) in [6, 6.07) is 16.0. The molecule has 3 heterocycles. The van der Waals surface area contributed by atoms with E-state index in [0.717, 1.165) is 52.1 Å². The molecule has 0 unspecified atom stereocenters. The normalized spacial score (nSPS) is 11.7. The minimum absolute atomic E-state index is 0.230. The lowest BCUT2D eigenvalue weighted by Gasteiger charge is -2.10. The number of rotatable bonds is 8. The molecule has 5 aromatic rings. The van der Waals surface area contributed by atoms with Gasteiger partial charge in [0.2, 0.25) is 0 Å². The van der Waals surface area contributed by atoms with Crippen molar-refractivity contribution in [3.8, 4) is 28.3 Å². The molecule has 6 nitrogen and oxygen atoms in total. The van der Waals surface area contributed by atoms with Gasteiger partial charge in [-0.25, -0.2) is 9.97 Å². The van der Waals surface area contributed by atoms with E-state index in [9.17, 15) is 13.2 Å². The lowest BCUT2D eigenvalue weighted by atomic mass is 10.0. The Morgan fingerprint density at radius 2 is 1.68 bits per heavy atom. The van der Waals surface area contributed by atoms with Crippen LogP contribution in [-0.2, 0) is 13.5 Å².